The molecule has 116 valence electrons. The highest BCUT2D eigenvalue weighted by Crippen LogP contribution is 2.22. The van der Waals surface area contributed by atoms with E-state index in [0.717, 1.165) is 0 Å². The number of tetrazole rings is 1. The van der Waals surface area contributed by atoms with Crippen molar-refractivity contribution in [2.24, 2.45) is 0 Å². The molecule has 1 aromatic heterocycles. The van der Waals surface area contributed by atoms with Crippen LogP contribution in [0.1, 0.15) is 18.5 Å². The summed E-state index contributed by atoms with van der Waals surface area (Å²) in [6, 6.07) is 11.8. The molecule has 8 heteroatoms. The fourth-order valence-corrected chi connectivity index (χ4v) is 2.16. The van der Waals surface area contributed by atoms with Crippen molar-refractivity contribution in [3.05, 3.63) is 70.0 Å². The molecule has 7 nitrogen and oxygen atoms in total. The Bertz CT molecular complexity index is 864. The van der Waals surface area contributed by atoms with E-state index in [9.17, 15) is 14.5 Å². The standard InChI is InChI=1S/C15H12FN5O2/c1-10(11-4-3-7-14(9-11)21(22)23)20-18-15(17-19-20)12-5-2-6-13(16)8-12/h2-10H,1H3. The summed E-state index contributed by atoms with van der Waals surface area (Å²) in [4.78, 5) is 11.7. The predicted octanol–water partition coefficient (Wildman–Crippen LogP) is 3.00. The van der Waals surface area contributed by atoms with Crippen molar-refractivity contribution in [3.63, 3.8) is 0 Å². The molecule has 0 fully saturated rings. The third-order valence-corrected chi connectivity index (χ3v) is 3.42. The minimum atomic E-state index is -0.455. The zero-order valence-electron chi connectivity index (χ0n) is 12.1. The molecule has 23 heavy (non-hydrogen) atoms. The smallest absolute Gasteiger partial charge is 0.258 e. The lowest BCUT2D eigenvalue weighted by molar-refractivity contribution is -0.384. The van der Waals surface area contributed by atoms with Crippen LogP contribution in [0.25, 0.3) is 11.4 Å². The second-order valence-electron chi connectivity index (χ2n) is 4.97. The number of benzene rings is 2. The fraction of sp³-hybridized carbons (Fsp3) is 0.133. The minimum Gasteiger partial charge on any atom is -0.258 e. The summed E-state index contributed by atoms with van der Waals surface area (Å²) < 4.78 is 13.3. The molecule has 0 aliphatic heterocycles. The second-order valence-corrected chi connectivity index (χ2v) is 4.97. The molecule has 1 atom stereocenters. The summed E-state index contributed by atoms with van der Waals surface area (Å²) >= 11 is 0. The maximum atomic E-state index is 13.3. The third kappa shape index (κ3) is 3.05. The van der Waals surface area contributed by atoms with Gasteiger partial charge in [0.15, 0.2) is 0 Å². The van der Waals surface area contributed by atoms with Gasteiger partial charge in [-0.25, -0.2) is 4.39 Å². The zero-order valence-corrected chi connectivity index (χ0v) is 12.1. The molecule has 0 saturated carbocycles. The number of non-ortho nitro benzene ring substituents is 1. The highest BCUT2D eigenvalue weighted by Gasteiger charge is 2.16. The molecular formula is C15H12FN5O2. The molecule has 0 N–H and O–H groups in total. The predicted molar refractivity (Wildman–Crippen MR) is 80.1 cm³/mol. The lowest BCUT2D eigenvalue weighted by atomic mass is 10.1. The Balaban J connectivity index is 1.91. The first-order valence-corrected chi connectivity index (χ1v) is 6.84. The monoisotopic (exact) mass is 313 g/mol. The van der Waals surface area contributed by atoms with Crippen molar-refractivity contribution < 1.29 is 9.31 Å². The summed E-state index contributed by atoms with van der Waals surface area (Å²) in [5, 5.41) is 23.0. The molecular weight excluding hydrogens is 301 g/mol. The quantitative estimate of drug-likeness (QED) is 0.546. The molecule has 3 aromatic rings. The lowest BCUT2D eigenvalue weighted by Crippen LogP contribution is -2.10. The Morgan fingerprint density at radius 2 is 2.00 bits per heavy atom. The number of aromatic nitrogens is 4. The summed E-state index contributed by atoms with van der Waals surface area (Å²) in [5.41, 5.74) is 1.20. The van der Waals surface area contributed by atoms with E-state index in [0.29, 0.717) is 17.0 Å². The van der Waals surface area contributed by atoms with Crippen molar-refractivity contribution >= 4 is 5.69 Å². The Hall–Kier alpha value is -3.16. The second kappa shape index (κ2) is 5.91. The van der Waals surface area contributed by atoms with Gasteiger partial charge in [-0.05, 0) is 29.8 Å². The topological polar surface area (TPSA) is 86.7 Å². The van der Waals surface area contributed by atoms with Crippen LogP contribution in [0.3, 0.4) is 0 Å². The van der Waals surface area contributed by atoms with Gasteiger partial charge in [0, 0.05) is 17.7 Å². The molecule has 0 radical (unpaired) electrons. The van der Waals surface area contributed by atoms with E-state index in [4.69, 9.17) is 0 Å². The molecule has 0 bridgehead atoms. The van der Waals surface area contributed by atoms with E-state index in [1.54, 1.807) is 31.2 Å². The van der Waals surface area contributed by atoms with Gasteiger partial charge < -0.3 is 0 Å². The van der Waals surface area contributed by atoms with Crippen LogP contribution in [0.4, 0.5) is 10.1 Å². The summed E-state index contributed by atoms with van der Waals surface area (Å²) in [7, 11) is 0. The number of rotatable bonds is 4. The van der Waals surface area contributed by atoms with Crippen LogP contribution in [0.2, 0.25) is 0 Å². The molecule has 0 amide bonds. The molecule has 0 aliphatic rings. The Kier molecular flexibility index (Phi) is 3.80. The number of hydrogen-bond acceptors (Lipinski definition) is 5. The number of halogens is 1. The Morgan fingerprint density at radius 1 is 1.22 bits per heavy atom. The van der Waals surface area contributed by atoms with Gasteiger partial charge in [-0.15, -0.1) is 10.2 Å². The van der Waals surface area contributed by atoms with Crippen LogP contribution < -0.4 is 0 Å². The van der Waals surface area contributed by atoms with Gasteiger partial charge >= 0.3 is 0 Å². The minimum absolute atomic E-state index is 0.000167. The first-order chi connectivity index (χ1) is 11.0. The van der Waals surface area contributed by atoms with Gasteiger partial charge in [-0.2, -0.15) is 4.80 Å². The van der Waals surface area contributed by atoms with Crippen LogP contribution in [-0.4, -0.2) is 25.1 Å². The highest BCUT2D eigenvalue weighted by atomic mass is 19.1. The van der Waals surface area contributed by atoms with Crippen LogP contribution in [0, 0.1) is 15.9 Å². The van der Waals surface area contributed by atoms with Crippen molar-refractivity contribution in [1.29, 1.82) is 0 Å². The van der Waals surface area contributed by atoms with E-state index in [1.807, 2.05) is 0 Å². The van der Waals surface area contributed by atoms with E-state index in [2.05, 4.69) is 15.4 Å². The molecule has 0 saturated heterocycles. The normalized spacial score (nSPS) is 12.1. The SMILES string of the molecule is CC(c1cccc([N+](=O)[O-])c1)n1nnc(-c2cccc(F)c2)n1. The maximum absolute atomic E-state index is 13.3. The van der Waals surface area contributed by atoms with Crippen LogP contribution in [0.15, 0.2) is 48.5 Å². The summed E-state index contributed by atoms with van der Waals surface area (Å²) in [5.74, 6) is -0.0904. The van der Waals surface area contributed by atoms with Crippen LogP contribution in [-0.2, 0) is 0 Å². The van der Waals surface area contributed by atoms with E-state index < -0.39 is 4.92 Å². The average molecular weight is 313 g/mol. The first kappa shape index (κ1) is 14.8. The van der Waals surface area contributed by atoms with Gasteiger partial charge in [0.05, 0.1) is 11.0 Å². The van der Waals surface area contributed by atoms with Gasteiger partial charge in [0.2, 0.25) is 5.82 Å². The van der Waals surface area contributed by atoms with Gasteiger partial charge in [-0.3, -0.25) is 10.1 Å². The van der Waals surface area contributed by atoms with Crippen molar-refractivity contribution in [1.82, 2.24) is 20.2 Å². The summed E-state index contributed by atoms with van der Waals surface area (Å²) in [6.45, 7) is 1.80. The number of nitro benzene ring substituents is 1. The van der Waals surface area contributed by atoms with Crippen molar-refractivity contribution in [2.75, 3.05) is 0 Å². The average Bonchev–Trinajstić information content (AvgIpc) is 3.04. The highest BCUT2D eigenvalue weighted by molar-refractivity contribution is 5.53. The maximum Gasteiger partial charge on any atom is 0.269 e. The lowest BCUT2D eigenvalue weighted by Gasteiger charge is -2.09. The third-order valence-electron chi connectivity index (χ3n) is 3.42. The fourth-order valence-electron chi connectivity index (χ4n) is 2.16. The molecule has 1 heterocycles. The van der Waals surface area contributed by atoms with E-state index >= 15 is 0 Å². The molecule has 0 aliphatic carbocycles. The molecule has 3 rings (SSSR count). The zero-order chi connectivity index (χ0) is 16.4. The van der Waals surface area contributed by atoms with Crippen molar-refractivity contribution in [2.45, 2.75) is 13.0 Å². The molecule has 1 unspecified atom stereocenters. The van der Waals surface area contributed by atoms with Gasteiger partial charge in [-0.1, -0.05) is 24.3 Å². The largest absolute Gasteiger partial charge is 0.269 e. The first-order valence-electron chi connectivity index (χ1n) is 6.84. The van der Waals surface area contributed by atoms with Gasteiger partial charge in [0.25, 0.3) is 5.69 Å². The van der Waals surface area contributed by atoms with E-state index in [-0.39, 0.29) is 17.5 Å². The van der Waals surface area contributed by atoms with Crippen LogP contribution in [0.5, 0.6) is 0 Å². The number of hydrogen-bond donors (Lipinski definition) is 0. The van der Waals surface area contributed by atoms with E-state index in [1.165, 1.54) is 29.1 Å². The number of nitrogens with zero attached hydrogens (tertiary/aromatic N) is 5. The number of nitro groups is 1. The summed E-state index contributed by atoms with van der Waals surface area (Å²) in [6.07, 6.45) is 0. The van der Waals surface area contributed by atoms with Gasteiger partial charge in [0.1, 0.15) is 5.82 Å². The molecule has 2 aromatic carbocycles. The van der Waals surface area contributed by atoms with Crippen LogP contribution >= 0.6 is 0 Å². The Labute approximate surface area is 130 Å². The van der Waals surface area contributed by atoms with Crippen molar-refractivity contribution in [3.8, 4) is 11.4 Å². The molecule has 0 spiro atoms. The Morgan fingerprint density at radius 3 is 2.74 bits per heavy atom.